The molecule has 0 aromatic heterocycles. The molecule has 0 heterocycles. The van der Waals surface area contributed by atoms with Gasteiger partial charge in [-0.2, -0.15) is 13.2 Å². The largest absolute Gasteiger partial charge is 0.405 e. The number of amides is 2. The van der Waals surface area contributed by atoms with Crippen molar-refractivity contribution in [3.05, 3.63) is 0 Å². The van der Waals surface area contributed by atoms with E-state index in [1.165, 1.54) is 6.92 Å². The number of carbonyl (C=O) groups excluding carboxylic acids is 2. The molecule has 4 fully saturated rings. The van der Waals surface area contributed by atoms with Crippen LogP contribution in [0.15, 0.2) is 0 Å². The molecule has 4 bridgehead atoms. The Hall–Kier alpha value is -1.27. The van der Waals surface area contributed by atoms with Crippen molar-refractivity contribution in [1.29, 1.82) is 0 Å². The number of halogens is 3. The summed E-state index contributed by atoms with van der Waals surface area (Å²) in [4.78, 5) is 23.9. The van der Waals surface area contributed by atoms with E-state index in [0.29, 0.717) is 31.1 Å². The van der Waals surface area contributed by atoms with Crippen molar-refractivity contribution in [2.24, 2.45) is 17.3 Å². The molecular weight excluding hydrogens is 297 g/mol. The van der Waals surface area contributed by atoms with Crippen molar-refractivity contribution in [2.45, 2.75) is 57.2 Å². The van der Waals surface area contributed by atoms with Crippen molar-refractivity contribution in [1.82, 2.24) is 10.6 Å². The molecule has 4 aliphatic carbocycles. The molecule has 2 N–H and O–H groups in total. The minimum Gasteiger partial charge on any atom is -0.351 e. The van der Waals surface area contributed by atoms with Crippen molar-refractivity contribution >= 4 is 11.8 Å². The molecule has 4 rings (SSSR count). The minimum absolute atomic E-state index is 0.132. The third-order valence-electron chi connectivity index (χ3n) is 5.43. The Morgan fingerprint density at radius 3 is 2.23 bits per heavy atom. The molecule has 2 amide bonds. The highest BCUT2D eigenvalue weighted by atomic mass is 19.4. The number of nitrogens with one attached hydrogen (secondary N) is 2. The van der Waals surface area contributed by atoms with Gasteiger partial charge in [-0.3, -0.25) is 9.59 Å². The molecule has 4 nitrogen and oxygen atoms in total. The second kappa shape index (κ2) is 4.86. The molecular formula is C15H21F3N2O2. The summed E-state index contributed by atoms with van der Waals surface area (Å²) in [5.41, 5.74) is -1.14. The van der Waals surface area contributed by atoms with E-state index in [0.717, 1.165) is 19.3 Å². The van der Waals surface area contributed by atoms with Crippen LogP contribution >= 0.6 is 0 Å². The zero-order chi connectivity index (χ0) is 16.2. The Labute approximate surface area is 127 Å². The van der Waals surface area contributed by atoms with Crippen LogP contribution in [0.4, 0.5) is 13.2 Å². The van der Waals surface area contributed by atoms with Gasteiger partial charge in [0.05, 0.1) is 5.41 Å². The maximum atomic E-state index is 12.4. The fourth-order valence-corrected chi connectivity index (χ4v) is 5.42. The number of alkyl halides is 3. The first-order valence-corrected chi connectivity index (χ1v) is 7.75. The van der Waals surface area contributed by atoms with Gasteiger partial charge in [0, 0.05) is 12.5 Å². The summed E-state index contributed by atoms with van der Waals surface area (Å²) in [5, 5.41) is 5.07. The zero-order valence-corrected chi connectivity index (χ0v) is 12.6. The lowest BCUT2D eigenvalue weighted by Gasteiger charge is -2.61. The van der Waals surface area contributed by atoms with Crippen molar-refractivity contribution in [3.63, 3.8) is 0 Å². The average molecular weight is 318 g/mol. The first-order valence-electron chi connectivity index (χ1n) is 7.75. The average Bonchev–Trinajstić information content (AvgIpc) is 2.31. The number of carbonyl (C=O) groups is 2. The minimum atomic E-state index is -4.40. The zero-order valence-electron chi connectivity index (χ0n) is 12.6. The van der Waals surface area contributed by atoms with Gasteiger partial charge in [-0.25, -0.2) is 0 Å². The van der Waals surface area contributed by atoms with Crippen LogP contribution in [-0.4, -0.2) is 30.1 Å². The molecule has 0 radical (unpaired) electrons. The van der Waals surface area contributed by atoms with Crippen LogP contribution in [0.1, 0.15) is 45.4 Å². The second-order valence-electron chi connectivity index (χ2n) is 7.50. The summed E-state index contributed by atoms with van der Waals surface area (Å²) in [5.74, 6) is 0.0240. The Morgan fingerprint density at radius 1 is 1.14 bits per heavy atom. The summed E-state index contributed by atoms with van der Waals surface area (Å²) >= 11 is 0. The molecule has 2 atom stereocenters. The third-order valence-corrected chi connectivity index (χ3v) is 5.43. The molecule has 4 aliphatic rings. The standard InChI is InChI=1S/C15H21F3N2O2/c1-9(21)20-14-5-10-2-11(6-14)4-13(3-10,7-14)12(22)19-8-15(16,17)18/h10-11H,2-8H2,1H3,(H,19,22)(H,20,21)/t10-,11-,13?,14?/m0/s1. The van der Waals surface area contributed by atoms with Crippen LogP contribution in [0.25, 0.3) is 0 Å². The Kier molecular flexibility index (Phi) is 3.45. The van der Waals surface area contributed by atoms with Gasteiger partial charge < -0.3 is 10.6 Å². The van der Waals surface area contributed by atoms with Gasteiger partial charge in [-0.1, -0.05) is 0 Å². The van der Waals surface area contributed by atoms with Crippen LogP contribution in [-0.2, 0) is 9.59 Å². The van der Waals surface area contributed by atoms with E-state index in [-0.39, 0.29) is 5.91 Å². The van der Waals surface area contributed by atoms with Crippen LogP contribution in [0, 0.1) is 17.3 Å². The quantitative estimate of drug-likeness (QED) is 0.837. The normalized spacial score (nSPS) is 39.6. The second-order valence-corrected chi connectivity index (χ2v) is 7.50. The highest BCUT2D eigenvalue weighted by molar-refractivity contribution is 5.84. The highest BCUT2D eigenvalue weighted by Crippen LogP contribution is 2.61. The monoisotopic (exact) mass is 318 g/mol. The number of rotatable bonds is 3. The van der Waals surface area contributed by atoms with Crippen molar-refractivity contribution < 1.29 is 22.8 Å². The summed E-state index contributed by atoms with van der Waals surface area (Å²) in [7, 11) is 0. The molecule has 4 saturated carbocycles. The Morgan fingerprint density at radius 2 is 1.73 bits per heavy atom. The molecule has 0 aromatic rings. The van der Waals surface area contributed by atoms with Crippen molar-refractivity contribution in [2.75, 3.05) is 6.54 Å². The third kappa shape index (κ3) is 2.82. The summed E-state index contributed by atoms with van der Waals surface area (Å²) in [6, 6.07) is 0. The van der Waals surface area contributed by atoms with Gasteiger partial charge in [0.15, 0.2) is 0 Å². The summed E-state index contributed by atoms with van der Waals surface area (Å²) in [6.07, 6.45) is 0.0804. The van der Waals surface area contributed by atoms with Gasteiger partial charge in [-0.05, 0) is 50.4 Å². The molecule has 22 heavy (non-hydrogen) atoms. The Balaban J connectivity index is 1.78. The molecule has 0 saturated heterocycles. The van der Waals surface area contributed by atoms with Gasteiger partial charge in [-0.15, -0.1) is 0 Å². The smallest absolute Gasteiger partial charge is 0.351 e. The van der Waals surface area contributed by atoms with Crippen molar-refractivity contribution in [3.8, 4) is 0 Å². The SMILES string of the molecule is CC(=O)NC12C[C@H]3C[C@H](C1)CC(C(=O)NCC(F)(F)F)(C3)C2. The van der Waals surface area contributed by atoms with Crippen LogP contribution in [0.5, 0.6) is 0 Å². The molecule has 0 spiro atoms. The van der Waals surface area contributed by atoms with Gasteiger partial charge in [0.25, 0.3) is 0 Å². The van der Waals surface area contributed by atoms with Gasteiger partial charge >= 0.3 is 6.18 Å². The summed E-state index contributed by atoms with van der Waals surface area (Å²) < 4.78 is 37.1. The van der Waals surface area contributed by atoms with Crippen LogP contribution in [0.3, 0.4) is 0 Å². The molecule has 0 aliphatic heterocycles. The first-order chi connectivity index (χ1) is 10.1. The fourth-order valence-electron chi connectivity index (χ4n) is 5.42. The topological polar surface area (TPSA) is 58.2 Å². The number of hydrogen-bond donors (Lipinski definition) is 2. The number of hydrogen-bond acceptors (Lipinski definition) is 2. The van der Waals surface area contributed by atoms with Gasteiger partial charge in [0.2, 0.25) is 11.8 Å². The molecule has 7 heteroatoms. The van der Waals surface area contributed by atoms with Crippen LogP contribution < -0.4 is 10.6 Å². The summed E-state index contributed by atoms with van der Waals surface area (Å²) in [6.45, 7) is 0.172. The predicted molar refractivity (Wildman–Crippen MR) is 72.7 cm³/mol. The van der Waals surface area contributed by atoms with E-state index < -0.39 is 29.6 Å². The fraction of sp³-hybridized carbons (Fsp3) is 0.867. The van der Waals surface area contributed by atoms with Crippen LogP contribution in [0.2, 0.25) is 0 Å². The van der Waals surface area contributed by atoms with E-state index in [1.807, 2.05) is 0 Å². The van der Waals surface area contributed by atoms with E-state index in [2.05, 4.69) is 10.6 Å². The van der Waals surface area contributed by atoms with E-state index in [9.17, 15) is 22.8 Å². The lowest BCUT2D eigenvalue weighted by atomic mass is 9.46. The van der Waals surface area contributed by atoms with Gasteiger partial charge in [0.1, 0.15) is 6.54 Å². The Bertz CT molecular complexity index is 490. The molecule has 124 valence electrons. The lowest BCUT2D eigenvalue weighted by Crippen LogP contribution is -2.66. The van der Waals surface area contributed by atoms with E-state index in [1.54, 1.807) is 0 Å². The maximum absolute atomic E-state index is 12.4. The first kappa shape index (κ1) is 15.6. The predicted octanol–water partition coefficient (Wildman–Crippen LogP) is 2.14. The maximum Gasteiger partial charge on any atom is 0.405 e. The highest BCUT2D eigenvalue weighted by Gasteiger charge is 2.61. The molecule has 0 aromatic carbocycles. The lowest BCUT2D eigenvalue weighted by molar-refractivity contribution is -0.160. The van der Waals surface area contributed by atoms with E-state index >= 15 is 0 Å². The van der Waals surface area contributed by atoms with E-state index in [4.69, 9.17) is 0 Å². The molecule has 0 unspecified atom stereocenters.